The van der Waals surface area contributed by atoms with Gasteiger partial charge in [-0.15, -0.1) is 11.3 Å². The lowest BCUT2D eigenvalue weighted by Crippen LogP contribution is -2.19. The predicted octanol–water partition coefficient (Wildman–Crippen LogP) is 8.44. The van der Waals surface area contributed by atoms with E-state index in [9.17, 15) is 13.2 Å². The second-order valence-corrected chi connectivity index (χ2v) is 10.6. The summed E-state index contributed by atoms with van der Waals surface area (Å²) >= 11 is 4.80. The Morgan fingerprint density at radius 2 is 1.78 bits per heavy atom. The van der Waals surface area contributed by atoms with E-state index in [-0.39, 0.29) is 5.69 Å². The molecule has 0 spiro atoms. The summed E-state index contributed by atoms with van der Waals surface area (Å²) in [5.74, 6) is 0. The van der Waals surface area contributed by atoms with Crippen molar-refractivity contribution in [2.75, 3.05) is 0 Å². The van der Waals surface area contributed by atoms with Crippen molar-refractivity contribution >= 4 is 38.7 Å². The molecule has 0 atom stereocenters. The average Bonchev–Trinajstić information content (AvgIpc) is 3.21. The van der Waals surface area contributed by atoms with Gasteiger partial charge in [-0.1, -0.05) is 51.8 Å². The average molecular weight is 570 g/mol. The van der Waals surface area contributed by atoms with Crippen molar-refractivity contribution in [3.63, 3.8) is 0 Å². The van der Waals surface area contributed by atoms with Crippen LogP contribution >= 0.6 is 27.3 Å². The molecule has 3 nitrogen and oxygen atoms in total. The van der Waals surface area contributed by atoms with E-state index in [0.29, 0.717) is 4.80 Å². The minimum Gasteiger partial charge on any atom is -0.219 e. The summed E-state index contributed by atoms with van der Waals surface area (Å²) in [7, 11) is 0. The van der Waals surface area contributed by atoms with E-state index in [1.165, 1.54) is 34.6 Å². The Hall–Kier alpha value is -2.97. The molecule has 1 aromatic heterocycles. The molecule has 0 aliphatic heterocycles. The van der Waals surface area contributed by atoms with Crippen molar-refractivity contribution in [2.45, 2.75) is 39.3 Å². The van der Waals surface area contributed by atoms with E-state index in [0.717, 1.165) is 57.9 Å². The molecular formula is C28H23BrF3N3S. The second-order valence-electron chi connectivity index (χ2n) is 8.86. The molecule has 0 fully saturated rings. The van der Waals surface area contributed by atoms with E-state index in [1.807, 2.05) is 29.6 Å². The highest BCUT2D eigenvalue weighted by molar-refractivity contribution is 9.10. The Labute approximate surface area is 219 Å². The number of fused-ring (bicyclic) bond motifs is 1. The minimum absolute atomic E-state index is 0.127. The third-order valence-electron chi connectivity index (χ3n) is 6.22. The third-order valence-corrected chi connectivity index (χ3v) is 7.53. The molecule has 36 heavy (non-hydrogen) atoms. The molecule has 4 aromatic rings. The standard InChI is InChI=1S/C28H23BrF3N3S/c1-17-13-18(2)21-9-6-12-24(22(21)14-17)34-35-26(19-7-5-8-20(29)15-19)16-36-27(35)33-25-11-4-3-10-23(25)28(30,31)32/h3-5,7-8,10-11,13-16H,6,9,12H2,1-2H3. The maximum absolute atomic E-state index is 13.7. The number of nitrogens with zero attached hydrogens (tertiary/aromatic N) is 3. The molecule has 1 aliphatic rings. The molecule has 5 rings (SSSR count). The van der Waals surface area contributed by atoms with Gasteiger partial charge in [0, 0.05) is 21.0 Å². The van der Waals surface area contributed by atoms with Gasteiger partial charge >= 0.3 is 6.18 Å². The molecule has 184 valence electrons. The maximum atomic E-state index is 13.7. The van der Waals surface area contributed by atoms with Gasteiger partial charge in [-0.05, 0) is 74.6 Å². The van der Waals surface area contributed by atoms with Crippen molar-refractivity contribution in [1.82, 2.24) is 4.68 Å². The molecule has 1 heterocycles. The fourth-order valence-corrected chi connectivity index (χ4v) is 5.85. The van der Waals surface area contributed by atoms with Crippen LogP contribution in [0.25, 0.3) is 11.3 Å². The number of aromatic nitrogens is 1. The minimum atomic E-state index is -4.50. The second kappa shape index (κ2) is 9.82. The van der Waals surface area contributed by atoms with Crippen LogP contribution in [0.15, 0.2) is 80.6 Å². The third kappa shape index (κ3) is 4.97. The van der Waals surface area contributed by atoms with Gasteiger partial charge in [0.2, 0.25) is 4.80 Å². The molecule has 8 heteroatoms. The first-order valence-corrected chi connectivity index (χ1v) is 13.2. The lowest BCUT2D eigenvalue weighted by atomic mass is 9.86. The summed E-state index contributed by atoms with van der Waals surface area (Å²) < 4.78 is 43.7. The van der Waals surface area contributed by atoms with Gasteiger partial charge in [-0.3, -0.25) is 0 Å². The normalized spacial score (nSPS) is 15.4. The zero-order chi connectivity index (χ0) is 25.4. The molecule has 0 saturated heterocycles. The molecular weight excluding hydrogens is 547 g/mol. The van der Waals surface area contributed by atoms with Crippen molar-refractivity contribution in [2.24, 2.45) is 10.1 Å². The highest BCUT2D eigenvalue weighted by Gasteiger charge is 2.33. The zero-order valence-electron chi connectivity index (χ0n) is 19.7. The molecule has 0 bridgehead atoms. The van der Waals surface area contributed by atoms with Crippen LogP contribution < -0.4 is 4.80 Å². The van der Waals surface area contributed by atoms with Crippen molar-refractivity contribution < 1.29 is 13.2 Å². The van der Waals surface area contributed by atoms with Gasteiger partial charge in [0.05, 0.1) is 22.7 Å². The molecule has 0 saturated carbocycles. The van der Waals surface area contributed by atoms with Gasteiger partial charge in [0.15, 0.2) is 0 Å². The maximum Gasteiger partial charge on any atom is 0.418 e. The summed E-state index contributed by atoms with van der Waals surface area (Å²) in [6.07, 6.45) is -1.76. The number of thiazole rings is 1. The van der Waals surface area contributed by atoms with Crippen LogP contribution in [-0.2, 0) is 12.6 Å². The van der Waals surface area contributed by atoms with Crippen LogP contribution in [0.4, 0.5) is 18.9 Å². The lowest BCUT2D eigenvalue weighted by Gasteiger charge is -2.21. The Morgan fingerprint density at radius 1 is 0.972 bits per heavy atom. The highest BCUT2D eigenvalue weighted by atomic mass is 79.9. The Bertz CT molecular complexity index is 1550. The van der Waals surface area contributed by atoms with Gasteiger partial charge in [0.1, 0.15) is 0 Å². The lowest BCUT2D eigenvalue weighted by molar-refractivity contribution is -0.137. The topological polar surface area (TPSA) is 29.6 Å². The first kappa shape index (κ1) is 24.7. The van der Waals surface area contributed by atoms with Crippen LogP contribution in [0.1, 0.15) is 40.7 Å². The zero-order valence-corrected chi connectivity index (χ0v) is 22.1. The first-order chi connectivity index (χ1) is 17.2. The molecule has 1 aliphatic carbocycles. The van der Waals surface area contributed by atoms with Crippen LogP contribution in [0.5, 0.6) is 0 Å². The number of alkyl halides is 3. The van der Waals surface area contributed by atoms with Crippen LogP contribution in [0.2, 0.25) is 0 Å². The van der Waals surface area contributed by atoms with Crippen molar-refractivity contribution in [3.05, 3.63) is 103 Å². The van der Waals surface area contributed by atoms with Crippen molar-refractivity contribution in [3.8, 4) is 11.3 Å². The number of rotatable bonds is 3. The first-order valence-electron chi connectivity index (χ1n) is 11.6. The number of halogens is 4. The SMILES string of the molecule is Cc1cc(C)c2c(c1)C(=Nn1c(-c3cccc(Br)c3)csc1=Nc1ccccc1C(F)(F)F)CCC2. The molecule has 0 amide bonds. The van der Waals surface area contributed by atoms with Gasteiger partial charge in [0.25, 0.3) is 0 Å². The van der Waals surface area contributed by atoms with Gasteiger partial charge in [-0.2, -0.15) is 18.3 Å². The van der Waals surface area contributed by atoms with Crippen molar-refractivity contribution in [1.29, 1.82) is 0 Å². The fourth-order valence-electron chi connectivity index (χ4n) is 4.61. The van der Waals surface area contributed by atoms with Gasteiger partial charge < -0.3 is 0 Å². The quantitative estimate of drug-likeness (QED) is 0.237. The number of hydrogen-bond donors (Lipinski definition) is 0. The monoisotopic (exact) mass is 569 g/mol. The van der Waals surface area contributed by atoms with E-state index >= 15 is 0 Å². The summed E-state index contributed by atoms with van der Waals surface area (Å²) in [4.78, 5) is 4.86. The van der Waals surface area contributed by atoms with Gasteiger partial charge in [-0.25, -0.2) is 9.67 Å². The number of para-hydroxylation sites is 1. The fraction of sp³-hybridized carbons (Fsp3) is 0.214. The molecule has 0 unspecified atom stereocenters. The van der Waals surface area contributed by atoms with E-state index < -0.39 is 11.7 Å². The molecule has 0 radical (unpaired) electrons. The highest BCUT2D eigenvalue weighted by Crippen LogP contribution is 2.36. The van der Waals surface area contributed by atoms with Crippen LogP contribution in [0.3, 0.4) is 0 Å². The number of aryl methyl sites for hydroxylation is 2. The Morgan fingerprint density at radius 3 is 2.56 bits per heavy atom. The summed E-state index contributed by atoms with van der Waals surface area (Å²) in [6, 6.07) is 17.5. The Kier molecular flexibility index (Phi) is 6.74. The summed E-state index contributed by atoms with van der Waals surface area (Å²) in [5, 5.41) is 6.94. The largest absolute Gasteiger partial charge is 0.418 e. The predicted molar refractivity (Wildman–Crippen MR) is 143 cm³/mol. The smallest absolute Gasteiger partial charge is 0.219 e. The van der Waals surface area contributed by atoms with Crippen LogP contribution in [-0.4, -0.2) is 10.4 Å². The number of hydrogen-bond acceptors (Lipinski definition) is 3. The molecule has 3 aromatic carbocycles. The summed E-state index contributed by atoms with van der Waals surface area (Å²) in [6.45, 7) is 4.19. The van der Waals surface area contributed by atoms with E-state index in [2.05, 4.69) is 46.9 Å². The van der Waals surface area contributed by atoms with E-state index in [1.54, 1.807) is 10.7 Å². The number of benzene rings is 3. The van der Waals surface area contributed by atoms with Crippen LogP contribution in [0, 0.1) is 13.8 Å². The van der Waals surface area contributed by atoms with E-state index in [4.69, 9.17) is 5.10 Å². The summed E-state index contributed by atoms with van der Waals surface area (Å²) in [5.41, 5.74) is 6.49. The molecule has 0 N–H and O–H groups in total. The Balaban J connectivity index is 1.76.